The van der Waals surface area contributed by atoms with Crippen molar-refractivity contribution in [3.63, 3.8) is 0 Å². The molecule has 6 nitrogen and oxygen atoms in total. The van der Waals surface area contributed by atoms with Gasteiger partial charge in [-0.15, -0.1) is 0 Å². The Bertz CT molecular complexity index is 2070. The molecule has 12 heteroatoms. The van der Waals surface area contributed by atoms with Crippen LogP contribution >= 0.6 is 0 Å². The van der Waals surface area contributed by atoms with Crippen molar-refractivity contribution in [2.45, 2.75) is 25.4 Å². The van der Waals surface area contributed by atoms with E-state index in [9.17, 15) is 45.5 Å². The molecule has 6 aromatic rings. The highest BCUT2D eigenvalue weighted by atomic mass is 19.4. The van der Waals surface area contributed by atoms with E-state index >= 15 is 0 Å². The zero-order valence-electron chi connectivity index (χ0n) is 21.1. The first kappa shape index (κ1) is 27.2. The standard InChI is InChI=1S/C30H16F6N2O4/c31-29(32,33)17-5-1-15(2-6-17)13-37-25(39)21-11-9-20-19(23(21)27(37)41)10-12-22-24(20)28(42)38(26(22)40)14-16-3-7-18(8-4-16)30(34,35)36/h1-12H,13-14H2. The number of nitrogens with zero attached hydrogens (tertiary/aromatic N) is 2. The van der Waals surface area contributed by atoms with Gasteiger partial charge in [0, 0.05) is 0 Å². The van der Waals surface area contributed by atoms with E-state index in [1.165, 1.54) is 48.5 Å². The predicted molar refractivity (Wildman–Crippen MR) is 143 cm³/mol. The summed E-state index contributed by atoms with van der Waals surface area (Å²) in [5, 5.41) is 0.534. The van der Waals surface area contributed by atoms with Gasteiger partial charge in [-0.1, -0.05) is 36.4 Å². The van der Waals surface area contributed by atoms with Gasteiger partial charge in [0.15, 0.2) is 0 Å². The summed E-state index contributed by atoms with van der Waals surface area (Å²) in [4.78, 5) is 53.0. The van der Waals surface area contributed by atoms with Crippen LogP contribution in [0.4, 0.5) is 26.3 Å². The lowest BCUT2D eigenvalue weighted by Crippen LogP contribution is -2.26. The van der Waals surface area contributed by atoms with Crippen molar-refractivity contribution in [2.24, 2.45) is 0 Å². The second kappa shape index (κ2) is 9.26. The quantitative estimate of drug-likeness (QED) is 0.268. The van der Waals surface area contributed by atoms with Crippen molar-refractivity contribution in [3.8, 4) is 0 Å². The summed E-state index contributed by atoms with van der Waals surface area (Å²) in [6, 6.07) is 13.7. The Morgan fingerprint density at radius 2 is 0.738 bits per heavy atom. The van der Waals surface area contributed by atoms with Crippen molar-refractivity contribution in [1.29, 1.82) is 0 Å². The molecule has 0 radical (unpaired) electrons. The van der Waals surface area contributed by atoms with Crippen molar-refractivity contribution in [2.75, 3.05) is 0 Å². The highest BCUT2D eigenvalue weighted by Crippen LogP contribution is 2.31. The van der Waals surface area contributed by atoms with E-state index in [1.807, 2.05) is 0 Å². The molecule has 2 aromatic heterocycles. The molecule has 0 aliphatic rings. The van der Waals surface area contributed by atoms with Crippen LogP contribution in [0.25, 0.3) is 32.3 Å². The number of rotatable bonds is 4. The molecule has 0 aliphatic carbocycles. The van der Waals surface area contributed by atoms with Crippen LogP contribution in [0, 0.1) is 0 Å². The first-order valence-corrected chi connectivity index (χ1v) is 12.4. The molecule has 0 saturated heterocycles. The van der Waals surface area contributed by atoms with E-state index in [0.29, 0.717) is 11.1 Å². The fraction of sp³-hybridized carbons (Fsp3) is 0.133. The monoisotopic (exact) mass is 582 g/mol. The smallest absolute Gasteiger partial charge is 0.270 e. The lowest BCUT2D eigenvalue weighted by molar-refractivity contribution is -0.138. The molecule has 42 heavy (non-hydrogen) atoms. The minimum atomic E-state index is -4.54. The van der Waals surface area contributed by atoms with E-state index < -0.39 is 45.7 Å². The molecule has 0 spiro atoms. The first-order valence-electron chi connectivity index (χ1n) is 12.4. The number of benzene rings is 4. The number of aromatic nitrogens is 2. The molecule has 6 rings (SSSR count). The third kappa shape index (κ3) is 4.30. The lowest BCUT2D eigenvalue weighted by Gasteiger charge is -2.07. The lowest BCUT2D eigenvalue weighted by atomic mass is 10.0. The Morgan fingerprint density at radius 3 is 1.05 bits per heavy atom. The molecule has 2 heterocycles. The maximum atomic E-state index is 13.4. The number of hydrogen-bond acceptors (Lipinski definition) is 4. The molecule has 0 saturated carbocycles. The van der Waals surface area contributed by atoms with Gasteiger partial charge in [-0.05, 0) is 58.3 Å². The minimum absolute atomic E-state index is 0.00588. The largest absolute Gasteiger partial charge is 0.416 e. The molecule has 0 bridgehead atoms. The van der Waals surface area contributed by atoms with Crippen molar-refractivity contribution < 1.29 is 26.3 Å². The number of hydrogen-bond donors (Lipinski definition) is 0. The van der Waals surface area contributed by atoms with Gasteiger partial charge >= 0.3 is 12.4 Å². The summed E-state index contributed by atoms with van der Waals surface area (Å²) in [6.45, 7) is -0.565. The maximum Gasteiger partial charge on any atom is 0.416 e. The van der Waals surface area contributed by atoms with E-state index in [0.717, 1.165) is 33.4 Å². The molecular weight excluding hydrogens is 566 g/mol. The summed E-state index contributed by atoms with van der Waals surface area (Å²) < 4.78 is 79.2. The molecule has 0 fully saturated rings. The summed E-state index contributed by atoms with van der Waals surface area (Å²) in [6.07, 6.45) is -9.08. The van der Waals surface area contributed by atoms with Crippen LogP contribution in [0.5, 0.6) is 0 Å². The molecule has 0 unspecified atom stereocenters. The number of fused-ring (bicyclic) bond motifs is 5. The molecule has 0 N–H and O–H groups in total. The van der Waals surface area contributed by atoms with E-state index in [1.54, 1.807) is 0 Å². The summed E-state index contributed by atoms with van der Waals surface area (Å²) in [5.41, 5.74) is -3.91. The fourth-order valence-corrected chi connectivity index (χ4v) is 5.22. The van der Waals surface area contributed by atoms with E-state index in [2.05, 4.69) is 0 Å². The minimum Gasteiger partial charge on any atom is -0.270 e. The SMILES string of the molecule is O=c1c2ccc3c(ccc4c(=O)n(Cc5ccc(C(F)(F)F)cc5)c(=O)c43)c2c(=O)n1Cc1ccc(C(F)(F)F)cc1. The predicted octanol–water partition coefficient (Wildman–Crippen LogP) is 5.20. The Hall–Kier alpha value is -5.00. The van der Waals surface area contributed by atoms with Gasteiger partial charge in [-0.3, -0.25) is 28.3 Å². The Morgan fingerprint density at radius 1 is 0.429 bits per heavy atom. The Kier molecular flexibility index (Phi) is 6.00. The second-order valence-electron chi connectivity index (χ2n) is 9.85. The van der Waals surface area contributed by atoms with Crippen LogP contribution in [0.1, 0.15) is 22.3 Å². The van der Waals surface area contributed by atoms with Gasteiger partial charge in [0.05, 0.1) is 45.8 Å². The molecule has 0 aliphatic heterocycles. The third-order valence-electron chi connectivity index (χ3n) is 7.31. The van der Waals surface area contributed by atoms with Gasteiger partial charge in [-0.25, -0.2) is 0 Å². The fourth-order valence-electron chi connectivity index (χ4n) is 5.22. The van der Waals surface area contributed by atoms with E-state index in [-0.39, 0.29) is 45.4 Å². The second-order valence-corrected chi connectivity index (χ2v) is 9.85. The molecule has 0 atom stereocenters. The average Bonchev–Trinajstić information content (AvgIpc) is 3.33. The van der Waals surface area contributed by atoms with Gasteiger partial charge in [-0.2, -0.15) is 26.3 Å². The van der Waals surface area contributed by atoms with Gasteiger partial charge in [0.2, 0.25) is 0 Å². The number of halogens is 6. The molecule has 212 valence electrons. The van der Waals surface area contributed by atoms with Crippen LogP contribution < -0.4 is 22.2 Å². The zero-order valence-corrected chi connectivity index (χ0v) is 21.1. The normalized spacial score (nSPS) is 12.6. The van der Waals surface area contributed by atoms with Crippen LogP contribution in [0.3, 0.4) is 0 Å². The zero-order chi connectivity index (χ0) is 30.1. The Labute approximate surface area is 230 Å². The molecular formula is C30H16F6N2O4. The van der Waals surface area contributed by atoms with Gasteiger partial charge in [0.25, 0.3) is 22.2 Å². The average molecular weight is 582 g/mol. The molecule has 4 aromatic carbocycles. The highest BCUT2D eigenvalue weighted by molar-refractivity contribution is 6.17. The van der Waals surface area contributed by atoms with Crippen LogP contribution in [0.15, 0.2) is 92.0 Å². The van der Waals surface area contributed by atoms with E-state index in [4.69, 9.17) is 0 Å². The van der Waals surface area contributed by atoms with Crippen LogP contribution in [0.2, 0.25) is 0 Å². The summed E-state index contributed by atoms with van der Waals surface area (Å²) in [5.74, 6) is 0. The number of alkyl halides is 6. The van der Waals surface area contributed by atoms with Crippen molar-refractivity contribution in [3.05, 3.63) is 136 Å². The van der Waals surface area contributed by atoms with Crippen molar-refractivity contribution in [1.82, 2.24) is 9.13 Å². The third-order valence-corrected chi connectivity index (χ3v) is 7.31. The Balaban J connectivity index is 1.45. The van der Waals surface area contributed by atoms with Gasteiger partial charge in [0.1, 0.15) is 0 Å². The van der Waals surface area contributed by atoms with Crippen LogP contribution in [-0.4, -0.2) is 9.13 Å². The van der Waals surface area contributed by atoms with Gasteiger partial charge < -0.3 is 0 Å². The summed E-state index contributed by atoms with van der Waals surface area (Å²) >= 11 is 0. The maximum absolute atomic E-state index is 13.4. The highest BCUT2D eigenvalue weighted by Gasteiger charge is 2.31. The topological polar surface area (TPSA) is 78.1 Å². The summed E-state index contributed by atoms with van der Waals surface area (Å²) in [7, 11) is 0. The van der Waals surface area contributed by atoms with Crippen LogP contribution in [-0.2, 0) is 25.4 Å². The van der Waals surface area contributed by atoms with Crippen molar-refractivity contribution >= 4 is 32.3 Å². The first-order chi connectivity index (χ1) is 19.8. The molecule has 0 amide bonds.